The van der Waals surface area contributed by atoms with Gasteiger partial charge in [-0.1, -0.05) is 158 Å². The van der Waals surface area contributed by atoms with Crippen molar-refractivity contribution in [1.29, 1.82) is 0 Å². The second-order valence-electron chi connectivity index (χ2n) is 14.6. The average molecular weight is 776 g/mol. The molecule has 0 bridgehead atoms. The van der Waals surface area contributed by atoms with Gasteiger partial charge in [0.1, 0.15) is 0 Å². The summed E-state index contributed by atoms with van der Waals surface area (Å²) >= 11 is 1.75. The van der Waals surface area contributed by atoms with Crippen LogP contribution >= 0.6 is 11.8 Å². The number of thioether (sulfide) groups is 1. The third kappa shape index (κ3) is 10.0. The molecule has 0 aliphatic heterocycles. The van der Waals surface area contributed by atoms with E-state index in [-0.39, 0.29) is 6.04 Å². The Kier molecular flexibility index (Phi) is 13.6. The van der Waals surface area contributed by atoms with E-state index in [0.717, 1.165) is 58.8 Å². The average Bonchev–Trinajstić information content (AvgIpc) is 3.59. The Morgan fingerprint density at radius 2 is 1.59 bits per heavy atom. The van der Waals surface area contributed by atoms with E-state index in [1.807, 2.05) is 25.2 Å². The molecule has 5 aromatic rings. The molecule has 4 aromatic carbocycles. The van der Waals surface area contributed by atoms with E-state index >= 15 is 0 Å². The topological polar surface area (TPSA) is 29.0 Å². The molecule has 2 N–H and O–H groups in total. The maximum absolute atomic E-state index is 4.30. The van der Waals surface area contributed by atoms with Crippen molar-refractivity contribution in [3.05, 3.63) is 227 Å². The van der Waals surface area contributed by atoms with E-state index in [2.05, 4.69) is 206 Å². The summed E-state index contributed by atoms with van der Waals surface area (Å²) in [5.41, 5.74) is 11.7. The maximum Gasteiger partial charge on any atom is 0.0517 e. The maximum atomic E-state index is 4.30. The number of rotatable bonds is 15. The fraction of sp³-hybridized carbons (Fsp3) is 0.148. The minimum absolute atomic E-state index is 0.0509. The van der Waals surface area contributed by atoms with Crippen molar-refractivity contribution in [2.75, 3.05) is 5.32 Å². The van der Waals surface area contributed by atoms with Crippen LogP contribution in [0.4, 0.5) is 5.69 Å². The van der Waals surface area contributed by atoms with Gasteiger partial charge in [0.05, 0.1) is 11.6 Å². The number of fused-ring (bicyclic) bond motifs is 3. The monoisotopic (exact) mass is 775 g/mol. The molecular weight excluding hydrogens is 723 g/mol. The summed E-state index contributed by atoms with van der Waals surface area (Å²) in [6, 6.07) is 35.0. The molecule has 1 atom stereocenters. The van der Waals surface area contributed by atoms with Crippen molar-refractivity contribution in [2.24, 2.45) is 0 Å². The molecule has 1 aromatic heterocycles. The first-order valence-electron chi connectivity index (χ1n) is 20.4. The van der Waals surface area contributed by atoms with E-state index in [0.29, 0.717) is 0 Å². The highest BCUT2D eigenvalue weighted by atomic mass is 32.2. The Bertz CT molecular complexity index is 2560. The number of hydrogen-bond donors (Lipinski definition) is 2. The molecule has 1 heterocycles. The van der Waals surface area contributed by atoms with Gasteiger partial charge in [-0.2, -0.15) is 0 Å². The van der Waals surface area contributed by atoms with Gasteiger partial charge >= 0.3 is 0 Å². The molecule has 2 aliphatic rings. The standard InChI is InChI=1S/C54H53N3S/c1-5-7-10-20-41(4)58-54-28-18-16-26-51(54)56-48(19-6-2)37-40(3)57-52-27-17-15-25-49(52)50-36-35-47(38-53(50)57)55-39-46(44-23-13-9-14-24-44)34-31-42-29-32-45(33-30-42)43-21-11-8-12-22-43/h5-11,13-17,19-21,23-27,29-40,55-56H,4,12,18,22,28H2,1-3H3/b7-5-,19-6-,20-10-,34-31-,46-39+,48-37+. The zero-order chi connectivity index (χ0) is 40.1. The fourth-order valence-electron chi connectivity index (χ4n) is 7.52. The van der Waals surface area contributed by atoms with E-state index in [4.69, 9.17) is 0 Å². The van der Waals surface area contributed by atoms with Crippen molar-refractivity contribution >= 4 is 56.5 Å². The minimum atomic E-state index is 0.0509. The number of aromatic nitrogens is 1. The third-order valence-corrected chi connectivity index (χ3v) is 11.4. The lowest BCUT2D eigenvalue weighted by molar-refractivity contribution is 0.701. The second-order valence-corrected chi connectivity index (χ2v) is 15.8. The van der Waals surface area contributed by atoms with E-state index in [1.165, 1.54) is 43.4 Å². The zero-order valence-electron chi connectivity index (χ0n) is 33.9. The van der Waals surface area contributed by atoms with Crippen molar-refractivity contribution < 1.29 is 0 Å². The van der Waals surface area contributed by atoms with Crippen molar-refractivity contribution in [3.63, 3.8) is 0 Å². The smallest absolute Gasteiger partial charge is 0.0517 e. The normalized spacial score (nSPS) is 15.8. The quantitative estimate of drug-likeness (QED) is 0.104. The minimum Gasteiger partial charge on any atom is -0.361 e. The number of allylic oxidation sites excluding steroid dienone is 16. The van der Waals surface area contributed by atoms with Crippen LogP contribution in [0.2, 0.25) is 0 Å². The molecular formula is C54H53N3S. The predicted octanol–water partition coefficient (Wildman–Crippen LogP) is 15.2. The lowest BCUT2D eigenvalue weighted by atomic mass is 9.96. The van der Waals surface area contributed by atoms with Crippen molar-refractivity contribution in [3.8, 4) is 0 Å². The molecule has 0 saturated heterocycles. The zero-order valence-corrected chi connectivity index (χ0v) is 34.7. The summed E-state index contributed by atoms with van der Waals surface area (Å²) in [4.78, 5) is 2.33. The fourth-order valence-corrected chi connectivity index (χ4v) is 8.43. The van der Waals surface area contributed by atoms with Gasteiger partial charge in [0.15, 0.2) is 0 Å². The van der Waals surface area contributed by atoms with E-state index < -0.39 is 0 Å². The van der Waals surface area contributed by atoms with Crippen LogP contribution in [0.5, 0.6) is 0 Å². The number of anilines is 1. The van der Waals surface area contributed by atoms with Gasteiger partial charge in [-0.3, -0.25) is 0 Å². The van der Waals surface area contributed by atoms with Gasteiger partial charge in [-0.25, -0.2) is 0 Å². The first-order valence-corrected chi connectivity index (χ1v) is 21.2. The number of para-hydroxylation sites is 1. The van der Waals surface area contributed by atoms with Gasteiger partial charge in [-0.15, -0.1) is 0 Å². The second kappa shape index (κ2) is 19.8. The Balaban J connectivity index is 1.18. The van der Waals surface area contributed by atoms with Crippen LogP contribution in [-0.2, 0) is 0 Å². The highest BCUT2D eigenvalue weighted by Crippen LogP contribution is 2.36. The van der Waals surface area contributed by atoms with Crippen LogP contribution in [0.3, 0.4) is 0 Å². The van der Waals surface area contributed by atoms with Crippen LogP contribution in [0.25, 0.3) is 39.0 Å². The molecule has 0 fully saturated rings. The molecule has 0 spiro atoms. The molecule has 7 rings (SSSR count). The highest BCUT2D eigenvalue weighted by molar-refractivity contribution is 8.06. The summed E-state index contributed by atoms with van der Waals surface area (Å²) in [5.74, 6) is 0. The summed E-state index contributed by atoms with van der Waals surface area (Å²) in [7, 11) is 0. The van der Waals surface area contributed by atoms with Gasteiger partial charge in [0, 0.05) is 49.4 Å². The molecule has 0 amide bonds. The summed E-state index contributed by atoms with van der Waals surface area (Å²) in [6.07, 6.45) is 36.6. The van der Waals surface area contributed by atoms with Crippen LogP contribution in [0.15, 0.2) is 210 Å². The number of hydrogen-bond acceptors (Lipinski definition) is 3. The first kappa shape index (κ1) is 40.0. The Morgan fingerprint density at radius 3 is 2.38 bits per heavy atom. The van der Waals surface area contributed by atoms with E-state index in [1.54, 1.807) is 11.8 Å². The highest BCUT2D eigenvalue weighted by Gasteiger charge is 2.16. The van der Waals surface area contributed by atoms with Gasteiger partial charge < -0.3 is 15.2 Å². The number of nitrogens with zero attached hydrogens (tertiary/aromatic N) is 1. The summed E-state index contributed by atoms with van der Waals surface area (Å²) in [5, 5.41) is 9.95. The van der Waals surface area contributed by atoms with Gasteiger partial charge in [0.25, 0.3) is 0 Å². The summed E-state index contributed by atoms with van der Waals surface area (Å²) in [6.45, 7) is 10.7. The molecule has 0 radical (unpaired) electrons. The molecule has 58 heavy (non-hydrogen) atoms. The largest absolute Gasteiger partial charge is 0.361 e. The van der Waals surface area contributed by atoms with Gasteiger partial charge in [0.2, 0.25) is 0 Å². The first-order chi connectivity index (χ1) is 28.5. The van der Waals surface area contributed by atoms with Crippen LogP contribution < -0.4 is 10.6 Å². The molecule has 3 nitrogen and oxygen atoms in total. The van der Waals surface area contributed by atoms with Crippen LogP contribution in [-0.4, -0.2) is 4.57 Å². The van der Waals surface area contributed by atoms with Crippen LogP contribution in [0, 0.1) is 0 Å². The lowest BCUT2D eigenvalue weighted by Gasteiger charge is -2.20. The summed E-state index contributed by atoms with van der Waals surface area (Å²) < 4.78 is 2.46. The number of benzene rings is 4. The van der Waals surface area contributed by atoms with Crippen LogP contribution in [0.1, 0.15) is 69.2 Å². The molecule has 4 heteroatoms. The molecule has 0 saturated carbocycles. The Morgan fingerprint density at radius 1 is 0.793 bits per heavy atom. The number of nitrogens with one attached hydrogen (secondary N) is 2. The van der Waals surface area contributed by atoms with Crippen molar-refractivity contribution in [1.82, 2.24) is 9.88 Å². The third-order valence-electron chi connectivity index (χ3n) is 10.4. The molecule has 290 valence electrons. The van der Waals surface area contributed by atoms with Gasteiger partial charge in [-0.05, 0) is 117 Å². The lowest BCUT2D eigenvalue weighted by Crippen LogP contribution is -2.15. The molecule has 2 aliphatic carbocycles. The SMILES string of the molecule is C=C(/C=C\C=C/C)SC1=C(NC(/C=C\C)=C/C(C)n2c3ccccc3c3ccc(N/C=C(\C=C/c4ccc(C5=CC=CCC5)cc4)c4ccccc4)cc32)C=CCC1. The Labute approximate surface area is 349 Å². The van der Waals surface area contributed by atoms with E-state index in [9.17, 15) is 0 Å². The predicted molar refractivity (Wildman–Crippen MR) is 256 cm³/mol. The molecule has 1 unspecified atom stereocenters. The Hall–Kier alpha value is -6.23. The van der Waals surface area contributed by atoms with Crippen molar-refractivity contribution in [2.45, 2.75) is 52.5 Å².